The average Bonchev–Trinajstić information content (AvgIpc) is 3.15. The monoisotopic (exact) mass is 427 g/mol. The van der Waals surface area contributed by atoms with E-state index in [4.69, 9.17) is 9.72 Å². The molecule has 2 aromatic heterocycles. The summed E-state index contributed by atoms with van der Waals surface area (Å²) in [4.78, 5) is 22.5. The summed E-state index contributed by atoms with van der Waals surface area (Å²) in [5.74, 6) is 1.57. The number of methoxy groups -OCH3 is 1. The fourth-order valence-corrected chi connectivity index (χ4v) is 5.76. The normalized spacial score (nSPS) is 16.3. The van der Waals surface area contributed by atoms with Crippen LogP contribution in [0.25, 0.3) is 32.6 Å². The van der Waals surface area contributed by atoms with E-state index in [9.17, 15) is 10.1 Å². The van der Waals surface area contributed by atoms with E-state index in [0.717, 1.165) is 41.2 Å². The van der Waals surface area contributed by atoms with Crippen molar-refractivity contribution in [2.45, 2.75) is 26.2 Å². The number of hydrogen-bond donors (Lipinski definition) is 1. The van der Waals surface area contributed by atoms with Gasteiger partial charge in [-0.2, -0.15) is 5.26 Å². The van der Waals surface area contributed by atoms with Crippen molar-refractivity contribution in [1.29, 1.82) is 5.26 Å². The molecule has 5 rings (SSSR count). The molecule has 1 atom stereocenters. The van der Waals surface area contributed by atoms with Crippen molar-refractivity contribution < 1.29 is 4.74 Å². The van der Waals surface area contributed by atoms with Crippen molar-refractivity contribution >= 4 is 44.0 Å². The zero-order chi connectivity index (χ0) is 21.5. The summed E-state index contributed by atoms with van der Waals surface area (Å²) in [5.41, 5.74) is 2.06. The Labute approximate surface area is 183 Å². The maximum atomic E-state index is 13.0. The molecule has 0 radical (unpaired) electrons. The highest BCUT2D eigenvalue weighted by atomic mass is 32.1. The molecule has 0 aliphatic heterocycles. The lowest BCUT2D eigenvalue weighted by Crippen LogP contribution is -2.14. The summed E-state index contributed by atoms with van der Waals surface area (Å²) >= 11 is 1.58. The van der Waals surface area contributed by atoms with E-state index in [2.05, 4.69) is 18.0 Å². The minimum Gasteiger partial charge on any atom is -0.496 e. The average molecular weight is 428 g/mol. The topological polar surface area (TPSA) is 78.8 Å². The second-order valence-corrected chi connectivity index (χ2v) is 9.10. The predicted octanol–water partition coefficient (Wildman–Crippen LogP) is 5.34. The molecule has 31 heavy (non-hydrogen) atoms. The van der Waals surface area contributed by atoms with Crippen LogP contribution in [0.15, 0.2) is 41.2 Å². The van der Waals surface area contributed by atoms with Crippen molar-refractivity contribution in [3.63, 3.8) is 0 Å². The third-order valence-corrected chi connectivity index (χ3v) is 7.13. The fourth-order valence-electron chi connectivity index (χ4n) is 4.38. The maximum Gasteiger partial charge on any atom is 0.260 e. The highest BCUT2D eigenvalue weighted by Crippen LogP contribution is 2.36. The van der Waals surface area contributed by atoms with Gasteiger partial charge < -0.3 is 9.72 Å². The van der Waals surface area contributed by atoms with Gasteiger partial charge >= 0.3 is 0 Å². The Bertz CT molecular complexity index is 1460. The van der Waals surface area contributed by atoms with Crippen LogP contribution in [0.2, 0.25) is 0 Å². The van der Waals surface area contributed by atoms with Gasteiger partial charge in [0.25, 0.3) is 5.56 Å². The van der Waals surface area contributed by atoms with E-state index >= 15 is 0 Å². The third kappa shape index (κ3) is 3.31. The molecule has 2 aromatic carbocycles. The lowest BCUT2D eigenvalue weighted by molar-refractivity contribution is 0.414. The predicted molar refractivity (Wildman–Crippen MR) is 125 cm³/mol. The zero-order valence-corrected chi connectivity index (χ0v) is 18.2. The number of fused-ring (bicyclic) bond motifs is 4. The van der Waals surface area contributed by atoms with E-state index in [1.807, 2.05) is 36.4 Å². The van der Waals surface area contributed by atoms with E-state index < -0.39 is 0 Å². The minimum absolute atomic E-state index is 0.168. The van der Waals surface area contributed by atoms with Gasteiger partial charge in [0.05, 0.1) is 18.1 Å². The zero-order valence-electron chi connectivity index (χ0n) is 17.4. The number of nitriles is 1. The number of thiophene rings is 1. The smallest absolute Gasteiger partial charge is 0.260 e. The molecule has 0 amide bonds. The van der Waals surface area contributed by atoms with Gasteiger partial charge in [-0.05, 0) is 53.7 Å². The molecule has 0 saturated carbocycles. The van der Waals surface area contributed by atoms with Crippen molar-refractivity contribution in [3.05, 3.63) is 68.6 Å². The number of rotatable bonds is 3. The first-order chi connectivity index (χ1) is 15.1. The van der Waals surface area contributed by atoms with Gasteiger partial charge in [-0.25, -0.2) is 4.98 Å². The van der Waals surface area contributed by atoms with Crippen LogP contribution in [0.3, 0.4) is 0 Å². The molecule has 4 aromatic rings. The second kappa shape index (κ2) is 7.68. The molecular formula is C25H21N3O2S. The lowest BCUT2D eigenvalue weighted by Gasteiger charge is -2.17. The van der Waals surface area contributed by atoms with Crippen LogP contribution in [-0.2, 0) is 12.8 Å². The Morgan fingerprint density at radius 2 is 2.16 bits per heavy atom. The Hall–Kier alpha value is -3.43. The third-order valence-electron chi connectivity index (χ3n) is 5.98. The van der Waals surface area contributed by atoms with Crippen LogP contribution >= 0.6 is 11.3 Å². The Morgan fingerprint density at radius 3 is 2.97 bits per heavy atom. The summed E-state index contributed by atoms with van der Waals surface area (Å²) in [6, 6.07) is 14.0. The number of allylic oxidation sites excluding steroid dienone is 1. The second-order valence-electron chi connectivity index (χ2n) is 8.02. The van der Waals surface area contributed by atoms with E-state index in [1.54, 1.807) is 24.5 Å². The molecular weight excluding hydrogens is 406 g/mol. The molecule has 5 nitrogen and oxygen atoms in total. The number of benzene rings is 2. The Kier molecular flexibility index (Phi) is 4.84. The van der Waals surface area contributed by atoms with Gasteiger partial charge in [0.1, 0.15) is 16.6 Å². The molecule has 0 bridgehead atoms. The first-order valence-corrected chi connectivity index (χ1v) is 11.1. The first-order valence-electron chi connectivity index (χ1n) is 10.3. The number of nitrogens with one attached hydrogen (secondary N) is 1. The van der Waals surface area contributed by atoms with Gasteiger partial charge in [0, 0.05) is 10.4 Å². The van der Waals surface area contributed by atoms with Crippen molar-refractivity contribution in [1.82, 2.24) is 9.97 Å². The molecule has 2 heterocycles. The number of hydrogen-bond acceptors (Lipinski definition) is 5. The fraction of sp³-hybridized carbons (Fsp3) is 0.240. The van der Waals surface area contributed by atoms with Crippen molar-refractivity contribution in [3.8, 4) is 11.8 Å². The number of nitrogens with zero attached hydrogens (tertiary/aromatic N) is 2. The van der Waals surface area contributed by atoms with E-state index in [0.29, 0.717) is 33.3 Å². The molecule has 0 unspecified atom stereocenters. The molecule has 6 heteroatoms. The molecule has 0 spiro atoms. The molecule has 0 saturated heterocycles. The van der Waals surface area contributed by atoms with Gasteiger partial charge in [-0.15, -0.1) is 11.3 Å². The van der Waals surface area contributed by atoms with Gasteiger partial charge in [0.15, 0.2) is 5.82 Å². The molecule has 1 N–H and O–H groups in total. The lowest BCUT2D eigenvalue weighted by atomic mass is 9.89. The van der Waals surface area contributed by atoms with Gasteiger partial charge in [-0.3, -0.25) is 4.79 Å². The van der Waals surface area contributed by atoms with Crippen LogP contribution in [0.5, 0.6) is 5.75 Å². The largest absolute Gasteiger partial charge is 0.496 e. The van der Waals surface area contributed by atoms with E-state index in [1.165, 1.54) is 4.88 Å². The highest BCUT2D eigenvalue weighted by molar-refractivity contribution is 7.18. The highest BCUT2D eigenvalue weighted by Gasteiger charge is 2.23. The summed E-state index contributed by atoms with van der Waals surface area (Å²) in [6.45, 7) is 2.24. The van der Waals surface area contributed by atoms with Crippen LogP contribution in [0.1, 0.15) is 35.2 Å². The molecule has 1 aliphatic rings. The minimum atomic E-state index is -0.168. The number of aryl methyl sites for hydroxylation is 1. The molecule has 154 valence electrons. The first kappa shape index (κ1) is 19.5. The standard InChI is InChI=1S/C25H21N3O2S/c1-14-7-9-18-21(11-14)31-25-22(18)24(29)27-23(28-25)16(13-26)12-19-17-6-4-3-5-15(17)8-10-20(19)30-2/h3-6,8,10,12,14H,7,9,11H2,1-2H3,(H,27,28,29)/b16-12-/t14-/m0/s1. The maximum absolute atomic E-state index is 13.0. The summed E-state index contributed by atoms with van der Waals surface area (Å²) in [7, 11) is 1.61. The summed E-state index contributed by atoms with van der Waals surface area (Å²) in [5, 5.41) is 12.6. The number of ether oxygens (including phenoxy) is 1. The number of aromatic nitrogens is 2. The summed E-state index contributed by atoms with van der Waals surface area (Å²) in [6.07, 6.45) is 4.74. The van der Waals surface area contributed by atoms with Crippen molar-refractivity contribution in [2.24, 2.45) is 5.92 Å². The summed E-state index contributed by atoms with van der Waals surface area (Å²) < 4.78 is 5.55. The number of H-pyrrole nitrogens is 1. The molecule has 1 aliphatic carbocycles. The van der Waals surface area contributed by atoms with Crippen LogP contribution < -0.4 is 10.3 Å². The van der Waals surface area contributed by atoms with Gasteiger partial charge in [0.2, 0.25) is 0 Å². The quantitative estimate of drug-likeness (QED) is 0.448. The van der Waals surface area contributed by atoms with Gasteiger partial charge in [-0.1, -0.05) is 37.3 Å². The van der Waals surface area contributed by atoms with E-state index in [-0.39, 0.29) is 5.56 Å². The van der Waals surface area contributed by atoms with Crippen LogP contribution in [0, 0.1) is 17.2 Å². The van der Waals surface area contributed by atoms with Crippen LogP contribution in [0.4, 0.5) is 0 Å². The van der Waals surface area contributed by atoms with Crippen LogP contribution in [-0.4, -0.2) is 17.1 Å². The Balaban J connectivity index is 1.70. The SMILES string of the molecule is COc1ccc2ccccc2c1/C=C(/C#N)c1nc2sc3c(c2c(=O)[nH]1)CC[C@H](C)C3. The Morgan fingerprint density at radius 1 is 1.32 bits per heavy atom. The molecule has 0 fully saturated rings. The van der Waals surface area contributed by atoms with Crippen molar-refractivity contribution in [2.75, 3.05) is 7.11 Å². The number of aromatic amines is 1.